The monoisotopic (exact) mass is 250 g/mol. The van der Waals surface area contributed by atoms with Crippen LogP contribution in [0.25, 0.3) is 0 Å². The van der Waals surface area contributed by atoms with Crippen molar-refractivity contribution in [2.24, 2.45) is 5.92 Å². The number of pyridine rings is 1. The second-order valence-corrected chi connectivity index (χ2v) is 5.16. The van der Waals surface area contributed by atoms with Crippen LogP contribution in [0.3, 0.4) is 0 Å². The number of rotatable bonds is 7. The largest absolute Gasteiger partial charge is 0.392 e. The van der Waals surface area contributed by atoms with Crippen molar-refractivity contribution in [3.8, 4) is 0 Å². The molecule has 0 radical (unpaired) electrons. The maximum Gasteiger partial charge on any atom is 0.126 e. The zero-order chi connectivity index (χ0) is 13.5. The van der Waals surface area contributed by atoms with Crippen LogP contribution in [0.5, 0.6) is 0 Å². The fourth-order valence-electron chi connectivity index (χ4n) is 1.91. The molecule has 0 spiro atoms. The molecule has 0 aliphatic heterocycles. The Morgan fingerprint density at radius 2 is 1.89 bits per heavy atom. The van der Waals surface area contributed by atoms with Crippen LogP contribution >= 0.6 is 0 Å². The predicted octanol–water partition coefficient (Wildman–Crippen LogP) is 3.55. The van der Waals surface area contributed by atoms with Crippen LogP contribution < -0.4 is 5.32 Å². The van der Waals surface area contributed by atoms with Gasteiger partial charge in [-0.3, -0.25) is 0 Å². The highest BCUT2D eigenvalue weighted by Crippen LogP contribution is 2.18. The number of anilines is 1. The number of hydrogen-bond acceptors (Lipinski definition) is 3. The van der Waals surface area contributed by atoms with E-state index in [1.807, 2.05) is 12.1 Å². The molecule has 0 fully saturated rings. The van der Waals surface area contributed by atoms with Gasteiger partial charge in [-0.1, -0.05) is 40.5 Å². The normalized spacial score (nSPS) is 11.3. The van der Waals surface area contributed by atoms with Crippen molar-refractivity contribution in [1.29, 1.82) is 0 Å². The Labute approximate surface area is 111 Å². The van der Waals surface area contributed by atoms with Crippen molar-refractivity contribution >= 4 is 5.82 Å². The van der Waals surface area contributed by atoms with Gasteiger partial charge in [-0.25, -0.2) is 4.98 Å². The molecule has 18 heavy (non-hydrogen) atoms. The summed E-state index contributed by atoms with van der Waals surface area (Å²) in [5, 5.41) is 12.7. The first-order valence-corrected chi connectivity index (χ1v) is 6.96. The molecule has 0 saturated carbocycles. The Hall–Kier alpha value is -1.09. The number of aromatic nitrogens is 1. The molecule has 0 aliphatic rings. The van der Waals surface area contributed by atoms with Gasteiger partial charge in [0.05, 0.1) is 6.61 Å². The van der Waals surface area contributed by atoms with Gasteiger partial charge in [0.25, 0.3) is 0 Å². The van der Waals surface area contributed by atoms with Gasteiger partial charge in [-0.05, 0) is 29.5 Å². The van der Waals surface area contributed by atoms with E-state index in [-0.39, 0.29) is 6.61 Å². The van der Waals surface area contributed by atoms with Gasteiger partial charge >= 0.3 is 0 Å². The maximum atomic E-state index is 9.28. The van der Waals surface area contributed by atoms with Crippen LogP contribution in [0.4, 0.5) is 5.82 Å². The van der Waals surface area contributed by atoms with E-state index in [0.29, 0.717) is 11.8 Å². The summed E-state index contributed by atoms with van der Waals surface area (Å²) < 4.78 is 0. The second kappa shape index (κ2) is 7.37. The fourth-order valence-corrected chi connectivity index (χ4v) is 1.91. The summed E-state index contributed by atoms with van der Waals surface area (Å²) in [7, 11) is 0. The van der Waals surface area contributed by atoms with Crippen molar-refractivity contribution in [2.45, 2.75) is 53.1 Å². The third-order valence-corrected chi connectivity index (χ3v) is 3.41. The van der Waals surface area contributed by atoms with Crippen molar-refractivity contribution in [3.63, 3.8) is 0 Å². The maximum absolute atomic E-state index is 9.28. The van der Waals surface area contributed by atoms with E-state index in [0.717, 1.165) is 23.6 Å². The number of aliphatic hydroxyl groups excluding tert-OH is 1. The lowest BCUT2D eigenvalue weighted by molar-refractivity contribution is 0.281. The molecular formula is C15H26N2O. The molecule has 1 aromatic rings. The van der Waals surface area contributed by atoms with Crippen molar-refractivity contribution in [2.75, 3.05) is 11.9 Å². The average molecular weight is 250 g/mol. The first-order valence-electron chi connectivity index (χ1n) is 6.96. The van der Waals surface area contributed by atoms with Crippen LogP contribution in [0.1, 0.15) is 57.7 Å². The highest BCUT2D eigenvalue weighted by Gasteiger charge is 2.08. The van der Waals surface area contributed by atoms with Gasteiger partial charge in [0, 0.05) is 12.2 Å². The zero-order valence-corrected chi connectivity index (χ0v) is 12.0. The first kappa shape index (κ1) is 15.0. The van der Waals surface area contributed by atoms with Gasteiger partial charge in [-0.2, -0.15) is 0 Å². The van der Waals surface area contributed by atoms with E-state index < -0.39 is 0 Å². The predicted molar refractivity (Wildman–Crippen MR) is 76.8 cm³/mol. The van der Waals surface area contributed by atoms with Crippen LogP contribution in [-0.4, -0.2) is 16.6 Å². The molecule has 1 rings (SSSR count). The standard InChI is InChI=1S/C15H26N2O/c1-5-12(6-2)9-16-15-8-13(10-18)7-14(17-15)11(3)4/h7-8,11-12,18H,5-6,9-10H2,1-4H3,(H,16,17). The SMILES string of the molecule is CCC(CC)CNc1cc(CO)cc(C(C)C)n1. The summed E-state index contributed by atoms with van der Waals surface area (Å²) in [6, 6.07) is 3.92. The third kappa shape index (κ3) is 4.30. The molecule has 0 unspecified atom stereocenters. The minimum absolute atomic E-state index is 0.0713. The molecule has 0 amide bonds. The van der Waals surface area contributed by atoms with Crippen LogP contribution in [0.15, 0.2) is 12.1 Å². The minimum Gasteiger partial charge on any atom is -0.392 e. The van der Waals surface area contributed by atoms with Gasteiger partial charge in [0.15, 0.2) is 0 Å². The van der Waals surface area contributed by atoms with Crippen LogP contribution in [0.2, 0.25) is 0 Å². The molecule has 1 aromatic heterocycles. The third-order valence-electron chi connectivity index (χ3n) is 3.41. The highest BCUT2D eigenvalue weighted by molar-refractivity contribution is 5.40. The molecule has 102 valence electrons. The van der Waals surface area contributed by atoms with E-state index in [1.165, 1.54) is 12.8 Å². The Bertz CT molecular complexity index is 360. The molecule has 0 atom stereocenters. The zero-order valence-electron chi connectivity index (χ0n) is 12.0. The molecule has 2 N–H and O–H groups in total. The second-order valence-electron chi connectivity index (χ2n) is 5.16. The summed E-state index contributed by atoms with van der Waals surface area (Å²) in [4.78, 5) is 4.60. The number of nitrogens with one attached hydrogen (secondary N) is 1. The first-order chi connectivity index (χ1) is 8.60. The molecule has 0 saturated heterocycles. The summed E-state index contributed by atoms with van der Waals surface area (Å²) in [6.07, 6.45) is 2.36. The molecule has 3 nitrogen and oxygen atoms in total. The van der Waals surface area contributed by atoms with Gasteiger partial charge in [-0.15, -0.1) is 0 Å². The molecule has 0 aliphatic carbocycles. The lowest BCUT2D eigenvalue weighted by atomic mass is 10.0. The van der Waals surface area contributed by atoms with Crippen LogP contribution in [-0.2, 0) is 6.61 Å². The highest BCUT2D eigenvalue weighted by atomic mass is 16.3. The Morgan fingerprint density at radius 1 is 1.22 bits per heavy atom. The van der Waals surface area contributed by atoms with Crippen molar-refractivity contribution in [3.05, 3.63) is 23.4 Å². The Morgan fingerprint density at radius 3 is 2.39 bits per heavy atom. The number of nitrogens with zero attached hydrogens (tertiary/aromatic N) is 1. The Balaban J connectivity index is 2.78. The number of hydrogen-bond donors (Lipinski definition) is 2. The summed E-state index contributed by atoms with van der Waals surface area (Å²) in [5.41, 5.74) is 1.97. The van der Waals surface area contributed by atoms with Gasteiger partial charge in [0.2, 0.25) is 0 Å². The van der Waals surface area contributed by atoms with Gasteiger partial charge < -0.3 is 10.4 Å². The topological polar surface area (TPSA) is 45.1 Å². The lowest BCUT2D eigenvalue weighted by Gasteiger charge is -2.16. The molecule has 0 aromatic carbocycles. The van der Waals surface area contributed by atoms with Crippen molar-refractivity contribution in [1.82, 2.24) is 4.98 Å². The molecule has 1 heterocycles. The summed E-state index contributed by atoms with van der Waals surface area (Å²) >= 11 is 0. The minimum atomic E-state index is 0.0713. The quantitative estimate of drug-likeness (QED) is 0.778. The molecular weight excluding hydrogens is 224 g/mol. The van der Waals surface area contributed by atoms with E-state index in [9.17, 15) is 5.11 Å². The number of aliphatic hydroxyl groups is 1. The summed E-state index contributed by atoms with van der Waals surface area (Å²) in [6.45, 7) is 9.69. The van der Waals surface area contributed by atoms with E-state index >= 15 is 0 Å². The van der Waals surface area contributed by atoms with Crippen LogP contribution in [0, 0.1) is 5.92 Å². The smallest absolute Gasteiger partial charge is 0.126 e. The molecule has 3 heteroatoms. The fraction of sp³-hybridized carbons (Fsp3) is 0.667. The van der Waals surface area contributed by atoms with E-state index in [1.54, 1.807) is 0 Å². The van der Waals surface area contributed by atoms with E-state index in [2.05, 4.69) is 38.0 Å². The van der Waals surface area contributed by atoms with Crippen molar-refractivity contribution < 1.29 is 5.11 Å². The van der Waals surface area contributed by atoms with Gasteiger partial charge in [0.1, 0.15) is 5.82 Å². The lowest BCUT2D eigenvalue weighted by Crippen LogP contribution is -2.14. The van der Waals surface area contributed by atoms with E-state index in [4.69, 9.17) is 0 Å². The summed E-state index contributed by atoms with van der Waals surface area (Å²) in [5.74, 6) is 1.95. The average Bonchev–Trinajstić information content (AvgIpc) is 2.39. The Kier molecular flexibility index (Phi) is 6.13. The molecule has 0 bridgehead atoms.